The lowest BCUT2D eigenvalue weighted by Crippen LogP contribution is -2.41. The SMILES string of the molecule is COc1ccc(-n2ncc(C)c2-c2ccc(OCCOC(=O)NC(C)(C)C)cc2)cn1. The fraction of sp³-hybridized carbons (Fsp3) is 0.348. The first-order chi connectivity index (χ1) is 14.8. The lowest BCUT2D eigenvalue weighted by atomic mass is 10.1. The standard InChI is InChI=1S/C23H28N4O4/c1-16-14-25-27(18-8-11-20(29-5)24-15-18)21(16)17-6-9-19(10-7-17)30-12-13-31-22(28)26-23(2,3)4/h6-11,14-15H,12-13H2,1-5H3,(H,26,28). The van der Waals surface area contributed by atoms with Gasteiger partial charge in [-0.05, 0) is 63.6 Å². The molecule has 0 saturated carbocycles. The highest BCUT2D eigenvalue weighted by Gasteiger charge is 2.15. The Morgan fingerprint density at radius 2 is 1.81 bits per heavy atom. The molecule has 2 heterocycles. The maximum atomic E-state index is 11.7. The second kappa shape index (κ2) is 9.51. The summed E-state index contributed by atoms with van der Waals surface area (Å²) in [6.45, 7) is 8.13. The molecule has 0 bridgehead atoms. The topological polar surface area (TPSA) is 87.5 Å². The number of aromatic nitrogens is 3. The number of benzene rings is 1. The molecule has 0 saturated heterocycles. The number of nitrogens with zero attached hydrogens (tertiary/aromatic N) is 3. The number of methoxy groups -OCH3 is 1. The van der Waals surface area contributed by atoms with Crippen molar-refractivity contribution in [3.8, 4) is 28.6 Å². The number of ether oxygens (including phenoxy) is 3. The largest absolute Gasteiger partial charge is 0.490 e. The molecule has 3 aromatic rings. The molecule has 0 aliphatic carbocycles. The fourth-order valence-corrected chi connectivity index (χ4v) is 2.94. The summed E-state index contributed by atoms with van der Waals surface area (Å²) in [7, 11) is 1.59. The van der Waals surface area contributed by atoms with Crippen LogP contribution in [0.25, 0.3) is 16.9 Å². The average molecular weight is 425 g/mol. The van der Waals surface area contributed by atoms with Crippen LogP contribution in [0.15, 0.2) is 48.8 Å². The molecule has 0 fully saturated rings. The normalized spacial score (nSPS) is 11.1. The van der Waals surface area contributed by atoms with Crippen LogP contribution in [0, 0.1) is 6.92 Å². The van der Waals surface area contributed by atoms with E-state index in [1.807, 2.05) is 68.9 Å². The van der Waals surface area contributed by atoms with E-state index in [0.717, 1.165) is 22.5 Å². The van der Waals surface area contributed by atoms with Crippen molar-refractivity contribution in [2.75, 3.05) is 20.3 Å². The molecule has 31 heavy (non-hydrogen) atoms. The summed E-state index contributed by atoms with van der Waals surface area (Å²) in [6.07, 6.45) is 3.09. The lowest BCUT2D eigenvalue weighted by Gasteiger charge is -2.19. The minimum absolute atomic E-state index is 0.167. The van der Waals surface area contributed by atoms with Crippen molar-refractivity contribution in [1.82, 2.24) is 20.1 Å². The van der Waals surface area contributed by atoms with Gasteiger partial charge in [0.05, 0.1) is 30.9 Å². The Balaban J connectivity index is 1.63. The fourth-order valence-electron chi connectivity index (χ4n) is 2.94. The van der Waals surface area contributed by atoms with Crippen LogP contribution in [0.3, 0.4) is 0 Å². The molecular weight excluding hydrogens is 396 g/mol. The van der Waals surface area contributed by atoms with Crippen molar-refractivity contribution in [1.29, 1.82) is 0 Å². The summed E-state index contributed by atoms with van der Waals surface area (Å²) in [6, 6.07) is 11.4. The third-order valence-corrected chi connectivity index (χ3v) is 4.32. The van der Waals surface area contributed by atoms with Gasteiger partial charge in [0.1, 0.15) is 19.0 Å². The number of amides is 1. The Kier molecular flexibility index (Phi) is 6.79. The molecule has 0 aliphatic rings. The van der Waals surface area contributed by atoms with Crippen LogP contribution in [0.5, 0.6) is 11.6 Å². The zero-order chi connectivity index (χ0) is 22.4. The van der Waals surface area contributed by atoms with Crippen LogP contribution in [-0.4, -0.2) is 46.7 Å². The monoisotopic (exact) mass is 424 g/mol. The van der Waals surface area contributed by atoms with E-state index >= 15 is 0 Å². The number of hydrogen-bond donors (Lipinski definition) is 1. The number of aryl methyl sites for hydroxylation is 1. The van der Waals surface area contributed by atoms with Crippen LogP contribution in [0.2, 0.25) is 0 Å². The van der Waals surface area contributed by atoms with Gasteiger partial charge >= 0.3 is 6.09 Å². The van der Waals surface area contributed by atoms with E-state index < -0.39 is 6.09 Å². The molecule has 2 aromatic heterocycles. The molecule has 0 aliphatic heterocycles. The molecule has 0 unspecified atom stereocenters. The number of alkyl carbamates (subject to hydrolysis) is 1. The highest BCUT2D eigenvalue weighted by molar-refractivity contribution is 5.68. The van der Waals surface area contributed by atoms with E-state index in [9.17, 15) is 4.79 Å². The minimum atomic E-state index is -0.455. The van der Waals surface area contributed by atoms with E-state index in [4.69, 9.17) is 14.2 Å². The van der Waals surface area contributed by atoms with Crippen molar-refractivity contribution in [2.24, 2.45) is 0 Å². The summed E-state index contributed by atoms with van der Waals surface area (Å²) in [4.78, 5) is 15.9. The lowest BCUT2D eigenvalue weighted by molar-refractivity contribution is 0.118. The van der Waals surface area contributed by atoms with Gasteiger partial charge in [0.25, 0.3) is 0 Å². The number of carbonyl (C=O) groups is 1. The van der Waals surface area contributed by atoms with Gasteiger partial charge in [-0.1, -0.05) is 0 Å². The second-order valence-corrected chi connectivity index (χ2v) is 8.03. The molecule has 1 amide bonds. The predicted molar refractivity (Wildman–Crippen MR) is 118 cm³/mol. The van der Waals surface area contributed by atoms with Crippen LogP contribution < -0.4 is 14.8 Å². The summed E-state index contributed by atoms with van der Waals surface area (Å²) >= 11 is 0. The smallest absolute Gasteiger partial charge is 0.407 e. The minimum Gasteiger partial charge on any atom is -0.490 e. The van der Waals surface area contributed by atoms with Gasteiger partial charge in [0.15, 0.2) is 0 Å². The molecule has 8 heteroatoms. The van der Waals surface area contributed by atoms with E-state index in [1.54, 1.807) is 19.4 Å². The van der Waals surface area contributed by atoms with Crippen molar-refractivity contribution in [2.45, 2.75) is 33.2 Å². The first-order valence-electron chi connectivity index (χ1n) is 10.00. The van der Waals surface area contributed by atoms with Gasteiger partial charge in [-0.2, -0.15) is 5.10 Å². The first-order valence-corrected chi connectivity index (χ1v) is 10.00. The van der Waals surface area contributed by atoms with Gasteiger partial charge < -0.3 is 19.5 Å². The molecule has 8 nitrogen and oxygen atoms in total. The third-order valence-electron chi connectivity index (χ3n) is 4.32. The summed E-state index contributed by atoms with van der Waals surface area (Å²) in [5.41, 5.74) is 3.53. The first kappa shape index (κ1) is 22.1. The van der Waals surface area contributed by atoms with Crippen molar-refractivity contribution < 1.29 is 19.0 Å². The predicted octanol–water partition coefficient (Wildman–Crippen LogP) is 4.15. The maximum Gasteiger partial charge on any atom is 0.407 e. The van der Waals surface area contributed by atoms with Crippen LogP contribution in [-0.2, 0) is 4.74 Å². The number of nitrogens with one attached hydrogen (secondary N) is 1. The summed E-state index contributed by atoms with van der Waals surface area (Å²) in [5.74, 6) is 1.24. The zero-order valence-electron chi connectivity index (χ0n) is 18.5. The van der Waals surface area contributed by atoms with E-state index in [2.05, 4.69) is 15.4 Å². The Morgan fingerprint density at radius 3 is 2.42 bits per heavy atom. The quantitative estimate of drug-likeness (QED) is 0.573. The Labute approximate surface area is 182 Å². The number of carbonyl (C=O) groups excluding carboxylic acids is 1. The van der Waals surface area contributed by atoms with Gasteiger partial charge in [0.2, 0.25) is 5.88 Å². The summed E-state index contributed by atoms with van der Waals surface area (Å²) < 4.78 is 17.8. The molecule has 1 aromatic carbocycles. The van der Waals surface area contributed by atoms with Gasteiger partial charge in [-0.15, -0.1) is 0 Å². The van der Waals surface area contributed by atoms with Gasteiger partial charge in [-0.25, -0.2) is 14.5 Å². The van der Waals surface area contributed by atoms with Crippen LogP contribution in [0.4, 0.5) is 4.79 Å². The Morgan fingerprint density at radius 1 is 1.06 bits per heavy atom. The number of hydrogen-bond acceptors (Lipinski definition) is 6. The highest BCUT2D eigenvalue weighted by atomic mass is 16.6. The van der Waals surface area contributed by atoms with Gasteiger partial charge in [-0.3, -0.25) is 0 Å². The molecule has 1 N–H and O–H groups in total. The van der Waals surface area contributed by atoms with Crippen molar-refractivity contribution in [3.05, 3.63) is 54.4 Å². The third kappa shape index (κ3) is 5.97. The Bertz CT molecular complexity index is 1010. The average Bonchev–Trinajstić information content (AvgIpc) is 3.12. The van der Waals surface area contributed by atoms with Crippen LogP contribution >= 0.6 is 0 Å². The van der Waals surface area contributed by atoms with Crippen molar-refractivity contribution in [3.63, 3.8) is 0 Å². The maximum absolute atomic E-state index is 11.7. The van der Waals surface area contributed by atoms with E-state index in [-0.39, 0.29) is 18.8 Å². The zero-order valence-corrected chi connectivity index (χ0v) is 18.5. The van der Waals surface area contributed by atoms with E-state index in [0.29, 0.717) is 11.6 Å². The molecule has 0 spiro atoms. The number of rotatable bonds is 7. The summed E-state index contributed by atoms with van der Waals surface area (Å²) in [5, 5.41) is 7.23. The molecule has 0 radical (unpaired) electrons. The second-order valence-electron chi connectivity index (χ2n) is 8.03. The molecule has 164 valence electrons. The van der Waals surface area contributed by atoms with Gasteiger partial charge in [0, 0.05) is 17.2 Å². The van der Waals surface area contributed by atoms with E-state index in [1.165, 1.54) is 0 Å². The molecule has 3 rings (SSSR count). The van der Waals surface area contributed by atoms with Crippen LogP contribution in [0.1, 0.15) is 26.3 Å². The molecular formula is C23H28N4O4. The number of pyridine rings is 1. The Hall–Kier alpha value is -3.55. The molecule has 0 atom stereocenters. The van der Waals surface area contributed by atoms with Crippen molar-refractivity contribution >= 4 is 6.09 Å². The highest BCUT2D eigenvalue weighted by Crippen LogP contribution is 2.28.